The van der Waals surface area contributed by atoms with Crippen LogP contribution in [0, 0.1) is 11.6 Å². The van der Waals surface area contributed by atoms with E-state index in [-0.39, 0.29) is 35.4 Å². The monoisotopic (exact) mass is 496 g/mol. The third-order valence-corrected chi connectivity index (χ3v) is 5.83. The van der Waals surface area contributed by atoms with Crippen molar-refractivity contribution in [2.75, 3.05) is 20.3 Å². The van der Waals surface area contributed by atoms with Crippen molar-refractivity contribution in [3.8, 4) is 0 Å². The number of aliphatic hydroxyl groups excluding tert-OH is 1. The van der Waals surface area contributed by atoms with Gasteiger partial charge in [0.25, 0.3) is 5.91 Å². The fourth-order valence-electron chi connectivity index (χ4n) is 3.97. The molecular formula is C26H23F3N4O3. The summed E-state index contributed by atoms with van der Waals surface area (Å²) in [5.41, 5.74) is -0.165. The molecular weight excluding hydrogens is 473 g/mol. The minimum absolute atomic E-state index is 0.0908. The average Bonchev–Trinajstić information content (AvgIpc) is 3.26. The topological polar surface area (TPSA) is 96.7 Å². The number of nitrogens with zero attached hydrogens (tertiary/aromatic N) is 3. The Hall–Kier alpha value is -3.89. The van der Waals surface area contributed by atoms with Gasteiger partial charge in [-0.2, -0.15) is 0 Å². The molecule has 2 N–H and O–H groups in total. The van der Waals surface area contributed by atoms with E-state index in [0.717, 1.165) is 6.07 Å². The van der Waals surface area contributed by atoms with Gasteiger partial charge in [0.2, 0.25) is 0 Å². The Morgan fingerprint density at radius 1 is 1.08 bits per heavy atom. The van der Waals surface area contributed by atoms with Crippen LogP contribution >= 0.6 is 0 Å². The van der Waals surface area contributed by atoms with Crippen molar-refractivity contribution in [3.63, 3.8) is 0 Å². The molecule has 0 radical (unpaired) electrons. The molecule has 1 amide bonds. The summed E-state index contributed by atoms with van der Waals surface area (Å²) in [4.78, 5) is 25.7. The molecule has 186 valence electrons. The van der Waals surface area contributed by atoms with Crippen molar-refractivity contribution in [2.24, 2.45) is 4.99 Å². The Morgan fingerprint density at radius 3 is 2.47 bits per heavy atom. The highest BCUT2D eigenvalue weighted by Gasteiger charge is 2.30. The van der Waals surface area contributed by atoms with Crippen molar-refractivity contribution >= 4 is 17.2 Å². The Balaban J connectivity index is 1.66. The summed E-state index contributed by atoms with van der Waals surface area (Å²) in [6.07, 6.45) is 2.40. The average molecular weight is 496 g/mol. The second kappa shape index (κ2) is 11.2. The lowest BCUT2D eigenvalue weighted by molar-refractivity contribution is 0.0211. The summed E-state index contributed by atoms with van der Waals surface area (Å²) in [5.74, 6) is -2.41. The quantitative estimate of drug-likeness (QED) is 0.474. The second-order valence-electron chi connectivity index (χ2n) is 8.03. The number of hydrogen-bond acceptors (Lipinski definition) is 6. The van der Waals surface area contributed by atoms with E-state index in [2.05, 4.69) is 20.3 Å². The molecule has 3 aromatic rings. The minimum atomic E-state index is -0.828. The van der Waals surface area contributed by atoms with Gasteiger partial charge in [-0.1, -0.05) is 18.2 Å². The summed E-state index contributed by atoms with van der Waals surface area (Å²) >= 11 is 0. The van der Waals surface area contributed by atoms with Crippen LogP contribution in [0.25, 0.3) is 5.57 Å². The summed E-state index contributed by atoms with van der Waals surface area (Å²) in [5, 5.41) is 12.5. The van der Waals surface area contributed by atoms with E-state index in [1.165, 1.54) is 43.5 Å². The molecule has 0 saturated carbocycles. The van der Waals surface area contributed by atoms with Crippen LogP contribution in [-0.2, 0) is 11.2 Å². The molecule has 2 aromatic carbocycles. The molecule has 36 heavy (non-hydrogen) atoms. The lowest BCUT2D eigenvalue weighted by Crippen LogP contribution is -2.47. The maximum atomic E-state index is 15.4. The molecule has 0 saturated heterocycles. The molecule has 2 heterocycles. The Bertz CT molecular complexity index is 1290. The van der Waals surface area contributed by atoms with Crippen molar-refractivity contribution in [2.45, 2.75) is 18.6 Å². The van der Waals surface area contributed by atoms with Crippen molar-refractivity contribution < 1.29 is 27.8 Å². The molecule has 0 fully saturated rings. The first-order chi connectivity index (χ1) is 17.4. The standard InChI is InChI=1S/C26H23F3N4O3/c1-36-21(14-34)20(12-22-30-10-3-11-31-22)33-26(35)17-4-2-5-19(28)23(17)25-24(29)18(13-32-25)15-6-8-16(27)9-7-15/h2-11,20-21,34H,12-14H2,1H3,(H,33,35)/t20-,21-/m1/s1. The summed E-state index contributed by atoms with van der Waals surface area (Å²) < 4.78 is 49.0. The molecule has 7 nitrogen and oxygen atoms in total. The number of carbonyl (C=O) groups excluding carboxylic acids is 1. The number of amides is 1. The van der Waals surface area contributed by atoms with Gasteiger partial charge in [0, 0.05) is 31.5 Å². The number of halogens is 3. The first-order valence-corrected chi connectivity index (χ1v) is 11.1. The number of rotatable bonds is 9. The van der Waals surface area contributed by atoms with Crippen LogP contribution in [0.4, 0.5) is 13.2 Å². The third-order valence-electron chi connectivity index (χ3n) is 5.83. The molecule has 10 heteroatoms. The fraction of sp³-hybridized carbons (Fsp3) is 0.231. The number of ether oxygens (including phenoxy) is 1. The van der Waals surface area contributed by atoms with Gasteiger partial charge in [0.1, 0.15) is 29.3 Å². The summed E-state index contributed by atoms with van der Waals surface area (Å²) in [6.45, 7) is -0.498. The third kappa shape index (κ3) is 5.34. The lowest BCUT2D eigenvalue weighted by Gasteiger charge is -2.25. The molecule has 0 unspecified atom stereocenters. The van der Waals surface area contributed by atoms with Crippen LogP contribution in [0.15, 0.2) is 71.7 Å². The van der Waals surface area contributed by atoms with E-state index < -0.39 is 42.1 Å². The normalized spacial score (nSPS) is 15.0. The maximum absolute atomic E-state index is 15.4. The molecule has 0 aliphatic carbocycles. The van der Waals surface area contributed by atoms with E-state index in [1.807, 2.05) is 0 Å². The van der Waals surface area contributed by atoms with Crippen molar-refractivity contribution in [1.29, 1.82) is 0 Å². The van der Waals surface area contributed by atoms with Gasteiger partial charge in [0.15, 0.2) is 5.83 Å². The number of nitrogens with one attached hydrogen (secondary N) is 1. The highest BCUT2D eigenvalue weighted by Crippen LogP contribution is 2.31. The van der Waals surface area contributed by atoms with Gasteiger partial charge in [-0.25, -0.2) is 23.1 Å². The number of hydrogen-bond donors (Lipinski definition) is 2. The molecule has 0 spiro atoms. The zero-order valence-electron chi connectivity index (χ0n) is 19.3. The van der Waals surface area contributed by atoms with Crippen LogP contribution in [0.1, 0.15) is 27.3 Å². The molecule has 1 aliphatic heterocycles. The summed E-state index contributed by atoms with van der Waals surface area (Å²) in [6, 6.07) is 9.88. The van der Waals surface area contributed by atoms with E-state index in [4.69, 9.17) is 4.74 Å². The second-order valence-corrected chi connectivity index (χ2v) is 8.03. The number of aromatic nitrogens is 2. The number of methoxy groups -OCH3 is 1. The van der Waals surface area contributed by atoms with Crippen LogP contribution in [0.5, 0.6) is 0 Å². The van der Waals surface area contributed by atoms with Crippen LogP contribution < -0.4 is 5.32 Å². The predicted octanol–water partition coefficient (Wildman–Crippen LogP) is 3.29. The number of benzene rings is 2. The first-order valence-electron chi connectivity index (χ1n) is 11.1. The number of allylic oxidation sites excluding steroid dienone is 1. The summed E-state index contributed by atoms with van der Waals surface area (Å²) in [7, 11) is 1.38. The van der Waals surface area contributed by atoms with Gasteiger partial charge in [-0.05, 0) is 35.9 Å². The zero-order chi connectivity index (χ0) is 25.7. The van der Waals surface area contributed by atoms with E-state index >= 15 is 8.78 Å². The molecule has 2 atom stereocenters. The SMILES string of the molecule is CO[C@H](CO)[C@@H](Cc1ncccn1)NC(=O)c1cccc(F)c1C1=NCC(c2ccc(F)cc2)=C1F. The Morgan fingerprint density at radius 2 is 1.81 bits per heavy atom. The highest BCUT2D eigenvalue weighted by molar-refractivity contribution is 6.21. The molecule has 4 rings (SSSR count). The van der Waals surface area contributed by atoms with Gasteiger partial charge in [-0.15, -0.1) is 0 Å². The Kier molecular flexibility index (Phi) is 7.87. The van der Waals surface area contributed by atoms with Gasteiger partial charge in [0.05, 0.1) is 30.3 Å². The van der Waals surface area contributed by atoms with E-state index in [0.29, 0.717) is 11.4 Å². The van der Waals surface area contributed by atoms with Crippen molar-refractivity contribution in [1.82, 2.24) is 15.3 Å². The minimum Gasteiger partial charge on any atom is -0.394 e. The van der Waals surface area contributed by atoms with E-state index in [1.54, 1.807) is 18.5 Å². The zero-order valence-corrected chi connectivity index (χ0v) is 19.3. The molecule has 1 aromatic heterocycles. The lowest BCUT2D eigenvalue weighted by atomic mass is 9.97. The van der Waals surface area contributed by atoms with Crippen molar-refractivity contribution in [3.05, 3.63) is 101 Å². The first kappa shape index (κ1) is 25.2. The van der Waals surface area contributed by atoms with Gasteiger partial charge in [-0.3, -0.25) is 9.79 Å². The van der Waals surface area contributed by atoms with E-state index in [9.17, 15) is 14.3 Å². The highest BCUT2D eigenvalue weighted by atomic mass is 19.1. The molecule has 0 bridgehead atoms. The number of aliphatic imine (C=N–C) groups is 1. The number of aliphatic hydroxyl groups is 1. The fourth-order valence-corrected chi connectivity index (χ4v) is 3.97. The number of carbonyl (C=O) groups is 1. The Labute approximate surface area is 205 Å². The molecule has 1 aliphatic rings. The van der Waals surface area contributed by atoms with Crippen LogP contribution in [-0.4, -0.2) is 59.1 Å². The van der Waals surface area contributed by atoms with Gasteiger partial charge >= 0.3 is 0 Å². The maximum Gasteiger partial charge on any atom is 0.252 e. The van der Waals surface area contributed by atoms with Crippen LogP contribution in [0.3, 0.4) is 0 Å². The smallest absolute Gasteiger partial charge is 0.252 e. The van der Waals surface area contributed by atoms with Gasteiger partial charge < -0.3 is 15.2 Å². The predicted molar refractivity (Wildman–Crippen MR) is 127 cm³/mol. The van der Waals surface area contributed by atoms with Crippen LogP contribution in [0.2, 0.25) is 0 Å². The largest absolute Gasteiger partial charge is 0.394 e.